The molecule has 0 fully saturated rings. The van der Waals surface area contributed by atoms with E-state index in [1.54, 1.807) is 0 Å². The molecule has 0 saturated carbocycles. The summed E-state index contributed by atoms with van der Waals surface area (Å²) in [7, 11) is 0. The predicted octanol–water partition coefficient (Wildman–Crippen LogP) is 1.79. The number of carbonyl (C=O) groups is 1. The quantitative estimate of drug-likeness (QED) is 0.704. The minimum Gasteiger partial charge on any atom is -0.379 e. The number of ether oxygens (including phenoxy) is 1. The standard InChI is InChI=1S/C15H24N2O2/c1-4-10-19-11-15(14(16)18,17-12(2)3)13-8-6-5-7-9-13/h5-9,12,17H,4,10-11H2,1-3H3,(H2,16,18). The molecule has 0 radical (unpaired) electrons. The average Bonchev–Trinajstić information content (AvgIpc) is 2.38. The Kier molecular flexibility index (Phi) is 5.99. The lowest BCUT2D eigenvalue weighted by Gasteiger charge is -2.34. The second kappa shape index (κ2) is 7.26. The molecular formula is C15H24N2O2. The maximum atomic E-state index is 12.0. The van der Waals surface area contributed by atoms with Crippen molar-refractivity contribution in [3.8, 4) is 0 Å². The van der Waals surface area contributed by atoms with E-state index in [-0.39, 0.29) is 12.6 Å². The minimum atomic E-state index is -0.968. The Bertz CT molecular complexity index is 392. The van der Waals surface area contributed by atoms with Crippen molar-refractivity contribution in [3.05, 3.63) is 35.9 Å². The Hall–Kier alpha value is -1.39. The van der Waals surface area contributed by atoms with E-state index < -0.39 is 11.4 Å². The van der Waals surface area contributed by atoms with Crippen LogP contribution >= 0.6 is 0 Å². The van der Waals surface area contributed by atoms with Crippen molar-refractivity contribution in [2.45, 2.75) is 38.8 Å². The first-order valence-electron chi connectivity index (χ1n) is 6.73. The van der Waals surface area contributed by atoms with Gasteiger partial charge in [0.1, 0.15) is 5.54 Å². The molecule has 0 aliphatic carbocycles. The number of carbonyl (C=O) groups excluding carboxylic acids is 1. The lowest BCUT2D eigenvalue weighted by atomic mass is 9.89. The second-order valence-corrected chi connectivity index (χ2v) is 4.99. The topological polar surface area (TPSA) is 64.3 Å². The first-order valence-corrected chi connectivity index (χ1v) is 6.73. The van der Waals surface area contributed by atoms with E-state index in [1.807, 2.05) is 51.1 Å². The molecule has 4 heteroatoms. The third-order valence-electron chi connectivity index (χ3n) is 2.89. The number of nitrogens with one attached hydrogen (secondary N) is 1. The summed E-state index contributed by atoms with van der Waals surface area (Å²) in [5, 5.41) is 3.27. The molecule has 0 saturated heterocycles. The lowest BCUT2D eigenvalue weighted by molar-refractivity contribution is -0.128. The highest BCUT2D eigenvalue weighted by Crippen LogP contribution is 2.22. The number of nitrogens with two attached hydrogens (primary N) is 1. The monoisotopic (exact) mass is 264 g/mol. The molecule has 0 heterocycles. The number of primary amides is 1. The molecule has 4 nitrogen and oxygen atoms in total. The molecule has 106 valence electrons. The summed E-state index contributed by atoms with van der Waals surface area (Å²) in [5.74, 6) is -0.413. The number of hydrogen-bond donors (Lipinski definition) is 2. The van der Waals surface area contributed by atoms with Crippen molar-refractivity contribution in [1.82, 2.24) is 5.32 Å². The Morgan fingerprint density at radius 2 is 2.00 bits per heavy atom. The van der Waals surface area contributed by atoms with Crippen LogP contribution in [-0.2, 0) is 15.1 Å². The summed E-state index contributed by atoms with van der Waals surface area (Å²) < 4.78 is 5.60. The third-order valence-corrected chi connectivity index (χ3v) is 2.89. The summed E-state index contributed by atoms with van der Waals surface area (Å²) in [4.78, 5) is 12.0. The van der Waals surface area contributed by atoms with Crippen LogP contribution in [0.15, 0.2) is 30.3 Å². The highest BCUT2D eigenvalue weighted by atomic mass is 16.5. The van der Waals surface area contributed by atoms with Gasteiger partial charge >= 0.3 is 0 Å². The van der Waals surface area contributed by atoms with E-state index in [2.05, 4.69) is 5.32 Å². The van der Waals surface area contributed by atoms with Gasteiger partial charge < -0.3 is 10.5 Å². The van der Waals surface area contributed by atoms with Crippen LogP contribution < -0.4 is 11.1 Å². The van der Waals surface area contributed by atoms with E-state index in [0.29, 0.717) is 6.61 Å². The van der Waals surface area contributed by atoms with Gasteiger partial charge in [0, 0.05) is 12.6 Å². The van der Waals surface area contributed by atoms with Gasteiger partial charge in [-0.15, -0.1) is 0 Å². The third kappa shape index (κ3) is 4.04. The van der Waals surface area contributed by atoms with E-state index in [4.69, 9.17) is 10.5 Å². The normalized spacial score (nSPS) is 14.3. The van der Waals surface area contributed by atoms with Crippen molar-refractivity contribution in [2.24, 2.45) is 5.73 Å². The molecule has 1 unspecified atom stereocenters. The molecule has 0 bridgehead atoms. The summed E-state index contributed by atoms with van der Waals surface area (Å²) in [6.45, 7) is 6.87. The van der Waals surface area contributed by atoms with Crippen LogP contribution in [0.3, 0.4) is 0 Å². The molecule has 0 spiro atoms. The van der Waals surface area contributed by atoms with E-state index in [0.717, 1.165) is 12.0 Å². The van der Waals surface area contributed by atoms with Crippen LogP contribution in [0.25, 0.3) is 0 Å². The van der Waals surface area contributed by atoms with Crippen molar-refractivity contribution in [1.29, 1.82) is 0 Å². The number of benzene rings is 1. The van der Waals surface area contributed by atoms with E-state index >= 15 is 0 Å². The minimum absolute atomic E-state index is 0.123. The van der Waals surface area contributed by atoms with Crippen LogP contribution in [0.2, 0.25) is 0 Å². The Morgan fingerprint density at radius 1 is 1.37 bits per heavy atom. The van der Waals surface area contributed by atoms with Gasteiger partial charge in [0.25, 0.3) is 0 Å². The maximum Gasteiger partial charge on any atom is 0.244 e. The molecule has 1 rings (SSSR count). The highest BCUT2D eigenvalue weighted by Gasteiger charge is 2.39. The fourth-order valence-corrected chi connectivity index (χ4v) is 2.08. The Labute approximate surface area is 115 Å². The van der Waals surface area contributed by atoms with Crippen molar-refractivity contribution in [2.75, 3.05) is 13.2 Å². The van der Waals surface area contributed by atoms with Crippen molar-refractivity contribution < 1.29 is 9.53 Å². The average molecular weight is 264 g/mol. The summed E-state index contributed by atoms with van der Waals surface area (Å²) in [6, 6.07) is 9.63. The van der Waals surface area contributed by atoms with Crippen molar-refractivity contribution >= 4 is 5.91 Å². The van der Waals surface area contributed by atoms with Gasteiger partial charge in [0.05, 0.1) is 6.61 Å². The maximum absolute atomic E-state index is 12.0. The van der Waals surface area contributed by atoms with Gasteiger partial charge in [-0.3, -0.25) is 10.1 Å². The Morgan fingerprint density at radius 3 is 2.47 bits per heavy atom. The molecule has 1 aromatic carbocycles. The summed E-state index contributed by atoms with van der Waals surface area (Å²) in [6.07, 6.45) is 0.908. The van der Waals surface area contributed by atoms with Gasteiger partial charge in [0.15, 0.2) is 0 Å². The molecule has 0 aromatic heterocycles. The van der Waals surface area contributed by atoms with Crippen LogP contribution in [0, 0.1) is 0 Å². The second-order valence-electron chi connectivity index (χ2n) is 4.99. The zero-order valence-electron chi connectivity index (χ0n) is 12.0. The molecular weight excluding hydrogens is 240 g/mol. The highest BCUT2D eigenvalue weighted by molar-refractivity contribution is 5.86. The number of hydrogen-bond acceptors (Lipinski definition) is 3. The molecule has 19 heavy (non-hydrogen) atoms. The molecule has 1 amide bonds. The zero-order valence-corrected chi connectivity index (χ0v) is 12.0. The smallest absolute Gasteiger partial charge is 0.244 e. The van der Waals surface area contributed by atoms with Gasteiger partial charge in [-0.2, -0.15) is 0 Å². The van der Waals surface area contributed by atoms with Gasteiger partial charge in [-0.25, -0.2) is 0 Å². The van der Waals surface area contributed by atoms with Crippen LogP contribution in [0.4, 0.5) is 0 Å². The van der Waals surface area contributed by atoms with Gasteiger partial charge in [0.2, 0.25) is 5.91 Å². The predicted molar refractivity (Wildman–Crippen MR) is 76.7 cm³/mol. The van der Waals surface area contributed by atoms with E-state index in [9.17, 15) is 4.79 Å². The zero-order chi connectivity index (χ0) is 14.3. The molecule has 0 aliphatic heterocycles. The fourth-order valence-electron chi connectivity index (χ4n) is 2.08. The largest absolute Gasteiger partial charge is 0.379 e. The van der Waals surface area contributed by atoms with Crippen LogP contribution in [-0.4, -0.2) is 25.2 Å². The first-order chi connectivity index (χ1) is 9.03. The van der Waals surface area contributed by atoms with Crippen molar-refractivity contribution in [3.63, 3.8) is 0 Å². The molecule has 0 aliphatic rings. The molecule has 3 N–H and O–H groups in total. The van der Waals surface area contributed by atoms with E-state index in [1.165, 1.54) is 0 Å². The van der Waals surface area contributed by atoms with Crippen LogP contribution in [0.5, 0.6) is 0 Å². The summed E-state index contributed by atoms with van der Waals surface area (Å²) in [5.41, 5.74) is 5.53. The lowest BCUT2D eigenvalue weighted by Crippen LogP contribution is -2.58. The summed E-state index contributed by atoms with van der Waals surface area (Å²) >= 11 is 0. The number of amides is 1. The number of rotatable bonds is 8. The first kappa shape index (κ1) is 15.7. The van der Waals surface area contributed by atoms with Gasteiger partial charge in [-0.05, 0) is 25.8 Å². The fraction of sp³-hybridized carbons (Fsp3) is 0.533. The molecule has 1 aromatic rings. The van der Waals surface area contributed by atoms with Crippen LogP contribution in [0.1, 0.15) is 32.8 Å². The molecule has 1 atom stereocenters. The SMILES string of the molecule is CCCOCC(NC(C)C)(C(N)=O)c1ccccc1. The van der Waals surface area contributed by atoms with Gasteiger partial charge in [-0.1, -0.05) is 37.3 Å². The Balaban J connectivity index is 3.08.